The summed E-state index contributed by atoms with van der Waals surface area (Å²) in [6.45, 7) is 3.99. The van der Waals surface area contributed by atoms with Gasteiger partial charge in [-0.3, -0.25) is 9.59 Å². The maximum absolute atomic E-state index is 14.1. The Morgan fingerprint density at radius 2 is 1.76 bits per heavy atom. The molecule has 3 N–H and O–H groups in total. The van der Waals surface area contributed by atoms with Gasteiger partial charge in [0.25, 0.3) is 11.8 Å². The van der Waals surface area contributed by atoms with Crippen LogP contribution in [-0.2, 0) is 0 Å². The molecule has 0 fully saturated rings. The number of halogens is 2. The fourth-order valence-electron chi connectivity index (χ4n) is 3.67. The third-order valence-corrected chi connectivity index (χ3v) is 5.45. The molecular formula is C25H21ClFN3O3. The van der Waals surface area contributed by atoms with Crippen molar-refractivity contribution < 1.29 is 18.7 Å². The van der Waals surface area contributed by atoms with Gasteiger partial charge in [-0.2, -0.15) is 0 Å². The number of aryl methyl sites for hydroxylation is 2. The van der Waals surface area contributed by atoms with Crippen LogP contribution in [0.3, 0.4) is 0 Å². The van der Waals surface area contributed by atoms with Crippen molar-refractivity contribution in [2.24, 2.45) is 0 Å². The number of carbonyl (C=O) groups excluding carboxylic acids is 2. The van der Waals surface area contributed by atoms with E-state index in [1.54, 1.807) is 24.3 Å². The van der Waals surface area contributed by atoms with Crippen LogP contribution in [0.5, 0.6) is 5.75 Å². The molecule has 2 amide bonds. The number of benzene rings is 3. The minimum Gasteiger partial charge on any atom is -0.495 e. The zero-order chi connectivity index (χ0) is 23.7. The third kappa shape index (κ3) is 4.68. The molecule has 4 rings (SSSR count). The van der Waals surface area contributed by atoms with E-state index in [4.69, 9.17) is 16.3 Å². The lowest BCUT2D eigenvalue weighted by atomic mass is 10.1. The molecule has 3 aromatic carbocycles. The Bertz CT molecular complexity index is 1400. The van der Waals surface area contributed by atoms with E-state index in [2.05, 4.69) is 21.7 Å². The van der Waals surface area contributed by atoms with Crippen molar-refractivity contribution in [3.63, 3.8) is 0 Å². The number of aromatic nitrogens is 1. The smallest absolute Gasteiger partial charge is 0.272 e. The van der Waals surface area contributed by atoms with E-state index < -0.39 is 11.7 Å². The summed E-state index contributed by atoms with van der Waals surface area (Å²) in [5.74, 6) is -1.40. The number of ether oxygens (including phenoxy) is 1. The first-order valence-electron chi connectivity index (χ1n) is 10.1. The number of amides is 2. The zero-order valence-corrected chi connectivity index (χ0v) is 18.9. The van der Waals surface area contributed by atoms with Crippen LogP contribution in [0.25, 0.3) is 10.9 Å². The van der Waals surface area contributed by atoms with E-state index in [1.165, 1.54) is 19.2 Å². The second-order valence-corrected chi connectivity index (χ2v) is 8.11. The zero-order valence-electron chi connectivity index (χ0n) is 18.2. The van der Waals surface area contributed by atoms with Crippen molar-refractivity contribution in [3.8, 4) is 5.75 Å². The average Bonchev–Trinajstić information content (AvgIpc) is 3.18. The van der Waals surface area contributed by atoms with Crippen molar-refractivity contribution in [2.75, 3.05) is 17.7 Å². The summed E-state index contributed by atoms with van der Waals surface area (Å²) >= 11 is 5.76. The van der Waals surface area contributed by atoms with E-state index >= 15 is 0 Å². The van der Waals surface area contributed by atoms with Gasteiger partial charge in [-0.1, -0.05) is 17.7 Å². The molecule has 0 aliphatic carbocycles. The number of anilines is 2. The molecule has 0 atom stereocenters. The lowest BCUT2D eigenvalue weighted by Crippen LogP contribution is -2.16. The number of hydrogen-bond acceptors (Lipinski definition) is 3. The summed E-state index contributed by atoms with van der Waals surface area (Å²) < 4.78 is 19.4. The van der Waals surface area contributed by atoms with E-state index in [9.17, 15) is 14.0 Å². The van der Waals surface area contributed by atoms with E-state index in [0.717, 1.165) is 28.1 Å². The summed E-state index contributed by atoms with van der Waals surface area (Å²) in [7, 11) is 1.45. The molecule has 0 aliphatic heterocycles. The van der Waals surface area contributed by atoms with Crippen molar-refractivity contribution in [2.45, 2.75) is 13.8 Å². The maximum atomic E-state index is 14.1. The monoisotopic (exact) mass is 465 g/mol. The molecule has 6 nitrogen and oxygen atoms in total. The minimum atomic E-state index is -0.743. The fourth-order valence-corrected chi connectivity index (χ4v) is 3.83. The van der Waals surface area contributed by atoms with Crippen LogP contribution >= 0.6 is 11.6 Å². The Hall–Kier alpha value is -3.84. The Morgan fingerprint density at radius 1 is 0.970 bits per heavy atom. The minimum absolute atomic E-state index is 0.167. The lowest BCUT2D eigenvalue weighted by Gasteiger charge is -2.13. The van der Waals surface area contributed by atoms with Crippen LogP contribution in [-0.4, -0.2) is 23.9 Å². The summed E-state index contributed by atoms with van der Waals surface area (Å²) in [5, 5.41) is 6.59. The average molecular weight is 466 g/mol. The molecule has 33 heavy (non-hydrogen) atoms. The van der Waals surface area contributed by atoms with Gasteiger partial charge in [0.2, 0.25) is 0 Å². The molecule has 1 heterocycles. The number of hydrogen-bond donors (Lipinski definition) is 3. The summed E-state index contributed by atoms with van der Waals surface area (Å²) in [6.07, 6.45) is 0. The molecule has 0 radical (unpaired) electrons. The SMILES string of the molecule is COc1ccc(NC(=O)c2cc3c(C)cc(C)cc3[nH]2)cc1NC(=O)c1ccc(Cl)cc1F. The molecule has 8 heteroatoms. The number of methoxy groups -OCH3 is 1. The molecule has 0 unspecified atom stereocenters. The van der Waals surface area contributed by atoms with Crippen LogP contribution in [0, 0.1) is 19.7 Å². The van der Waals surface area contributed by atoms with Gasteiger partial charge in [-0.25, -0.2) is 4.39 Å². The second-order valence-electron chi connectivity index (χ2n) is 7.67. The molecule has 0 saturated heterocycles. The first kappa shape index (κ1) is 22.4. The highest BCUT2D eigenvalue weighted by Gasteiger charge is 2.16. The van der Waals surface area contributed by atoms with Crippen LogP contribution < -0.4 is 15.4 Å². The van der Waals surface area contributed by atoms with Crippen molar-refractivity contribution in [1.29, 1.82) is 0 Å². The molecular weight excluding hydrogens is 445 g/mol. The molecule has 0 saturated carbocycles. The molecule has 0 aliphatic rings. The highest BCUT2D eigenvalue weighted by molar-refractivity contribution is 6.30. The van der Waals surface area contributed by atoms with Gasteiger partial charge in [0.15, 0.2) is 0 Å². The fraction of sp³-hybridized carbons (Fsp3) is 0.120. The van der Waals surface area contributed by atoms with E-state index in [-0.39, 0.29) is 22.2 Å². The lowest BCUT2D eigenvalue weighted by molar-refractivity contribution is 0.101. The van der Waals surface area contributed by atoms with Crippen molar-refractivity contribution >= 4 is 45.7 Å². The molecule has 0 bridgehead atoms. The van der Waals surface area contributed by atoms with Gasteiger partial charge in [0, 0.05) is 21.6 Å². The van der Waals surface area contributed by atoms with Crippen molar-refractivity contribution in [3.05, 3.63) is 87.8 Å². The number of H-pyrrole nitrogens is 1. The van der Waals surface area contributed by atoms with Gasteiger partial charge in [-0.15, -0.1) is 0 Å². The topological polar surface area (TPSA) is 83.2 Å². The highest BCUT2D eigenvalue weighted by atomic mass is 35.5. The maximum Gasteiger partial charge on any atom is 0.272 e. The number of fused-ring (bicyclic) bond motifs is 1. The van der Waals surface area contributed by atoms with Gasteiger partial charge in [0.1, 0.15) is 17.3 Å². The first-order chi connectivity index (χ1) is 15.7. The number of carbonyl (C=O) groups is 2. The Balaban J connectivity index is 1.58. The first-order valence-corrected chi connectivity index (χ1v) is 10.5. The normalized spacial score (nSPS) is 10.8. The highest BCUT2D eigenvalue weighted by Crippen LogP contribution is 2.29. The predicted molar refractivity (Wildman–Crippen MR) is 128 cm³/mol. The Morgan fingerprint density at radius 3 is 2.48 bits per heavy atom. The van der Waals surface area contributed by atoms with E-state index in [0.29, 0.717) is 17.1 Å². The number of nitrogens with one attached hydrogen (secondary N) is 3. The standard InChI is InChI=1S/C25H21ClFN3O3/c1-13-8-14(2)18-12-22(29-20(18)9-13)25(32)28-16-5-7-23(33-3)21(11-16)30-24(31)17-6-4-15(26)10-19(17)27/h4-12,29H,1-3H3,(H,28,32)(H,30,31). The van der Waals surface area contributed by atoms with Gasteiger partial charge < -0.3 is 20.4 Å². The Labute approximate surface area is 194 Å². The quantitative estimate of drug-likeness (QED) is 0.333. The Kier molecular flexibility index (Phi) is 6.07. The second kappa shape index (κ2) is 8.96. The van der Waals surface area contributed by atoms with Gasteiger partial charge in [-0.05, 0) is 73.5 Å². The van der Waals surface area contributed by atoms with E-state index in [1.807, 2.05) is 19.9 Å². The van der Waals surface area contributed by atoms with Gasteiger partial charge >= 0.3 is 0 Å². The molecule has 168 valence electrons. The van der Waals surface area contributed by atoms with Crippen LogP contribution in [0.15, 0.2) is 54.6 Å². The largest absolute Gasteiger partial charge is 0.495 e. The molecule has 4 aromatic rings. The predicted octanol–water partition coefficient (Wildman–Crippen LogP) is 6.09. The molecule has 0 spiro atoms. The van der Waals surface area contributed by atoms with Crippen LogP contribution in [0.1, 0.15) is 32.0 Å². The number of aromatic amines is 1. The number of rotatable bonds is 5. The van der Waals surface area contributed by atoms with Crippen molar-refractivity contribution in [1.82, 2.24) is 4.98 Å². The molecule has 1 aromatic heterocycles. The van der Waals surface area contributed by atoms with Crippen LogP contribution in [0.2, 0.25) is 5.02 Å². The summed E-state index contributed by atoms with van der Waals surface area (Å²) in [4.78, 5) is 28.6. The summed E-state index contributed by atoms with van der Waals surface area (Å²) in [6, 6.07) is 14.4. The third-order valence-electron chi connectivity index (χ3n) is 5.22. The van der Waals surface area contributed by atoms with Crippen LogP contribution in [0.4, 0.5) is 15.8 Å². The van der Waals surface area contributed by atoms with Gasteiger partial charge in [0.05, 0.1) is 18.4 Å². The summed E-state index contributed by atoms with van der Waals surface area (Å²) in [5.41, 5.74) is 4.00.